The van der Waals surface area contributed by atoms with E-state index >= 15 is 0 Å². The third-order valence-electron chi connectivity index (χ3n) is 4.61. The van der Waals surface area contributed by atoms with E-state index in [0.717, 1.165) is 43.1 Å². The number of aromatic nitrogens is 4. The van der Waals surface area contributed by atoms with Gasteiger partial charge in [-0.1, -0.05) is 30.3 Å². The molecule has 0 aliphatic carbocycles. The fraction of sp³-hybridized carbons (Fsp3) is 0.333. The van der Waals surface area contributed by atoms with E-state index in [4.69, 9.17) is 10.8 Å². The Labute approximate surface area is 145 Å². The SMILES string of the molecule is NC(=O)CC1CCCN(c2ccc3nnc(-c4ccccc4)n3n2)C1. The van der Waals surface area contributed by atoms with Crippen molar-refractivity contribution >= 4 is 17.4 Å². The number of nitrogens with two attached hydrogens (primary N) is 1. The number of benzene rings is 1. The molecule has 1 aliphatic rings. The number of fused-ring (bicyclic) bond motifs is 1. The number of hydrogen-bond acceptors (Lipinski definition) is 5. The van der Waals surface area contributed by atoms with Gasteiger partial charge in [-0.3, -0.25) is 4.79 Å². The van der Waals surface area contributed by atoms with Gasteiger partial charge in [0.1, 0.15) is 5.82 Å². The number of anilines is 1. The predicted molar refractivity (Wildman–Crippen MR) is 95.0 cm³/mol. The van der Waals surface area contributed by atoms with Crippen molar-refractivity contribution in [1.29, 1.82) is 0 Å². The first kappa shape index (κ1) is 15.6. The summed E-state index contributed by atoms with van der Waals surface area (Å²) in [5.41, 5.74) is 7.05. The second-order valence-electron chi connectivity index (χ2n) is 6.48. The van der Waals surface area contributed by atoms with Crippen molar-refractivity contribution in [1.82, 2.24) is 19.8 Å². The molecule has 128 valence electrons. The van der Waals surface area contributed by atoms with Gasteiger partial charge in [0, 0.05) is 25.1 Å². The minimum atomic E-state index is -0.236. The van der Waals surface area contributed by atoms with Gasteiger partial charge in [0.15, 0.2) is 11.5 Å². The molecule has 1 atom stereocenters. The van der Waals surface area contributed by atoms with E-state index in [2.05, 4.69) is 15.1 Å². The number of carbonyl (C=O) groups excluding carboxylic acids is 1. The first-order valence-corrected chi connectivity index (χ1v) is 8.52. The second kappa shape index (κ2) is 6.51. The van der Waals surface area contributed by atoms with Gasteiger partial charge in [0.2, 0.25) is 5.91 Å². The Morgan fingerprint density at radius 1 is 1.16 bits per heavy atom. The van der Waals surface area contributed by atoms with Crippen LogP contribution in [-0.2, 0) is 4.79 Å². The summed E-state index contributed by atoms with van der Waals surface area (Å²) in [4.78, 5) is 13.4. The molecule has 1 unspecified atom stereocenters. The lowest BCUT2D eigenvalue weighted by Crippen LogP contribution is -2.37. The molecule has 3 aromatic rings. The maximum atomic E-state index is 11.2. The number of rotatable bonds is 4. The molecule has 2 aromatic heterocycles. The van der Waals surface area contributed by atoms with Crippen LogP contribution in [0.5, 0.6) is 0 Å². The van der Waals surface area contributed by atoms with Gasteiger partial charge >= 0.3 is 0 Å². The van der Waals surface area contributed by atoms with Gasteiger partial charge in [0.25, 0.3) is 0 Å². The van der Waals surface area contributed by atoms with Crippen LogP contribution in [0.25, 0.3) is 17.0 Å². The third kappa shape index (κ3) is 3.17. The largest absolute Gasteiger partial charge is 0.370 e. The Bertz CT molecular complexity index is 891. The zero-order chi connectivity index (χ0) is 17.2. The number of carbonyl (C=O) groups is 1. The highest BCUT2D eigenvalue weighted by molar-refractivity contribution is 5.74. The van der Waals surface area contributed by atoms with E-state index in [1.54, 1.807) is 4.52 Å². The first-order valence-electron chi connectivity index (χ1n) is 8.52. The maximum Gasteiger partial charge on any atom is 0.217 e. The zero-order valence-corrected chi connectivity index (χ0v) is 13.9. The molecule has 7 nitrogen and oxygen atoms in total. The van der Waals surface area contributed by atoms with E-state index in [1.165, 1.54) is 0 Å². The molecule has 1 aromatic carbocycles. The van der Waals surface area contributed by atoms with E-state index < -0.39 is 0 Å². The summed E-state index contributed by atoms with van der Waals surface area (Å²) in [6, 6.07) is 13.8. The summed E-state index contributed by atoms with van der Waals surface area (Å²) < 4.78 is 1.78. The number of amides is 1. The lowest BCUT2D eigenvalue weighted by Gasteiger charge is -2.33. The molecule has 7 heteroatoms. The zero-order valence-electron chi connectivity index (χ0n) is 13.9. The van der Waals surface area contributed by atoms with Crippen LogP contribution in [-0.4, -0.2) is 38.8 Å². The fourth-order valence-electron chi connectivity index (χ4n) is 3.44. The summed E-state index contributed by atoms with van der Waals surface area (Å²) in [7, 11) is 0. The highest BCUT2D eigenvalue weighted by atomic mass is 16.1. The predicted octanol–water partition coefficient (Wildman–Crippen LogP) is 1.88. The number of primary amides is 1. The van der Waals surface area contributed by atoms with Gasteiger partial charge in [-0.2, -0.15) is 4.52 Å². The Morgan fingerprint density at radius 2 is 2.00 bits per heavy atom. The smallest absolute Gasteiger partial charge is 0.217 e. The topological polar surface area (TPSA) is 89.4 Å². The van der Waals surface area contributed by atoms with Gasteiger partial charge in [-0.05, 0) is 30.9 Å². The third-order valence-corrected chi connectivity index (χ3v) is 4.61. The van der Waals surface area contributed by atoms with Crippen molar-refractivity contribution in [3.05, 3.63) is 42.5 Å². The molecule has 1 fully saturated rings. The summed E-state index contributed by atoms with van der Waals surface area (Å²) >= 11 is 0. The standard InChI is InChI=1S/C18H20N6O/c19-15(25)11-13-5-4-10-23(12-13)17-9-8-16-20-21-18(24(16)22-17)14-6-2-1-3-7-14/h1-3,6-9,13H,4-5,10-12H2,(H2,19,25). The summed E-state index contributed by atoms with van der Waals surface area (Å²) in [6.07, 6.45) is 2.50. The van der Waals surface area contributed by atoms with Crippen molar-refractivity contribution < 1.29 is 4.79 Å². The Morgan fingerprint density at radius 3 is 2.80 bits per heavy atom. The first-order chi connectivity index (χ1) is 12.2. The summed E-state index contributed by atoms with van der Waals surface area (Å²) in [5, 5.41) is 13.2. The molecule has 1 saturated heterocycles. The average molecular weight is 336 g/mol. The number of piperidine rings is 1. The summed E-state index contributed by atoms with van der Waals surface area (Å²) in [6.45, 7) is 1.72. The molecule has 0 spiro atoms. The molecule has 3 heterocycles. The van der Waals surface area contributed by atoms with Crippen LogP contribution in [0.4, 0.5) is 5.82 Å². The van der Waals surface area contributed by atoms with Gasteiger partial charge < -0.3 is 10.6 Å². The van der Waals surface area contributed by atoms with Crippen LogP contribution in [0, 0.1) is 5.92 Å². The molecular formula is C18H20N6O. The van der Waals surface area contributed by atoms with Crippen molar-refractivity contribution in [2.24, 2.45) is 11.7 Å². The molecule has 1 amide bonds. The van der Waals surface area contributed by atoms with Crippen LogP contribution >= 0.6 is 0 Å². The van der Waals surface area contributed by atoms with E-state index in [0.29, 0.717) is 18.0 Å². The highest BCUT2D eigenvalue weighted by Gasteiger charge is 2.23. The minimum Gasteiger partial charge on any atom is -0.370 e. The van der Waals surface area contributed by atoms with Crippen molar-refractivity contribution in [3.63, 3.8) is 0 Å². The molecule has 4 rings (SSSR count). The summed E-state index contributed by atoms with van der Waals surface area (Å²) in [5.74, 6) is 1.65. The van der Waals surface area contributed by atoms with Gasteiger partial charge in [-0.15, -0.1) is 15.3 Å². The van der Waals surface area contributed by atoms with Crippen LogP contribution in [0.3, 0.4) is 0 Å². The Hall–Kier alpha value is -2.96. The van der Waals surface area contributed by atoms with E-state index in [1.807, 2.05) is 42.5 Å². The normalized spacial score (nSPS) is 17.8. The van der Waals surface area contributed by atoms with Gasteiger partial charge in [0.05, 0.1) is 0 Å². The van der Waals surface area contributed by atoms with Gasteiger partial charge in [-0.25, -0.2) is 0 Å². The van der Waals surface area contributed by atoms with Crippen LogP contribution in [0.1, 0.15) is 19.3 Å². The Kier molecular flexibility index (Phi) is 4.05. The second-order valence-corrected chi connectivity index (χ2v) is 6.48. The molecule has 25 heavy (non-hydrogen) atoms. The molecule has 2 N–H and O–H groups in total. The minimum absolute atomic E-state index is 0.236. The van der Waals surface area contributed by atoms with Crippen molar-refractivity contribution in [3.8, 4) is 11.4 Å². The average Bonchev–Trinajstić information content (AvgIpc) is 3.05. The van der Waals surface area contributed by atoms with Crippen LogP contribution < -0.4 is 10.6 Å². The fourth-order valence-corrected chi connectivity index (χ4v) is 3.44. The van der Waals surface area contributed by atoms with Crippen molar-refractivity contribution in [2.45, 2.75) is 19.3 Å². The Balaban J connectivity index is 1.65. The molecule has 0 radical (unpaired) electrons. The van der Waals surface area contributed by atoms with E-state index in [-0.39, 0.29) is 5.91 Å². The monoisotopic (exact) mass is 336 g/mol. The van der Waals surface area contributed by atoms with Crippen LogP contribution in [0.15, 0.2) is 42.5 Å². The quantitative estimate of drug-likeness (QED) is 0.786. The van der Waals surface area contributed by atoms with Crippen molar-refractivity contribution in [2.75, 3.05) is 18.0 Å². The molecule has 0 bridgehead atoms. The highest BCUT2D eigenvalue weighted by Crippen LogP contribution is 2.25. The lowest BCUT2D eigenvalue weighted by molar-refractivity contribution is -0.118. The van der Waals surface area contributed by atoms with Crippen LogP contribution in [0.2, 0.25) is 0 Å². The maximum absolute atomic E-state index is 11.2. The molecule has 0 saturated carbocycles. The number of nitrogens with zero attached hydrogens (tertiary/aromatic N) is 5. The lowest BCUT2D eigenvalue weighted by atomic mass is 9.94. The molecule has 1 aliphatic heterocycles. The molecular weight excluding hydrogens is 316 g/mol. The van der Waals surface area contributed by atoms with E-state index in [9.17, 15) is 4.79 Å². The number of hydrogen-bond donors (Lipinski definition) is 1.